The van der Waals surface area contributed by atoms with Crippen LogP contribution in [0.4, 0.5) is 0 Å². The van der Waals surface area contributed by atoms with Gasteiger partial charge in [-0.25, -0.2) is 9.89 Å². The first-order valence-electron chi connectivity index (χ1n) is 6.85. The zero-order chi connectivity index (χ0) is 15.5. The molecule has 1 heterocycles. The largest absolute Gasteiger partial charge is 0.456 e. The molecular weight excluding hydrogens is 280 g/mol. The predicted molar refractivity (Wildman–Crippen MR) is 82.7 cm³/mol. The quantitative estimate of drug-likeness (QED) is 0.754. The molecule has 1 N–H and O–H groups in total. The molecule has 0 saturated carbocycles. The molecule has 0 aliphatic heterocycles. The summed E-state index contributed by atoms with van der Waals surface area (Å²) in [5.41, 5.74) is 1.79. The first-order valence-corrected chi connectivity index (χ1v) is 6.85. The zero-order valence-electron chi connectivity index (χ0n) is 12.0. The number of aromatic amines is 1. The van der Waals surface area contributed by atoms with E-state index in [1.165, 1.54) is 0 Å². The molecule has 0 unspecified atom stereocenters. The van der Waals surface area contributed by atoms with Crippen molar-refractivity contribution in [1.29, 1.82) is 0 Å². The number of carbonyl (C=O) groups is 1. The van der Waals surface area contributed by atoms with E-state index >= 15 is 0 Å². The maximum atomic E-state index is 12.2. The number of ether oxygens (including phenoxy) is 1. The fourth-order valence-corrected chi connectivity index (χ4v) is 2.29. The number of carbonyl (C=O) groups excluding carboxylic acids is 1. The molecule has 0 amide bonds. The van der Waals surface area contributed by atoms with E-state index in [4.69, 9.17) is 4.74 Å². The minimum atomic E-state index is -0.561. The minimum Gasteiger partial charge on any atom is -0.456 e. The van der Waals surface area contributed by atoms with Crippen molar-refractivity contribution in [2.24, 2.45) is 0 Å². The third-order valence-electron chi connectivity index (χ3n) is 3.34. The van der Waals surface area contributed by atoms with Gasteiger partial charge in [-0.1, -0.05) is 48.0 Å². The summed E-state index contributed by atoms with van der Waals surface area (Å²) in [6.45, 7) is 2.14. The Morgan fingerprint density at radius 1 is 1.14 bits per heavy atom. The fourth-order valence-electron chi connectivity index (χ4n) is 2.29. The number of hydrogen-bond donors (Lipinski definition) is 1. The summed E-state index contributed by atoms with van der Waals surface area (Å²) >= 11 is 0. The number of rotatable bonds is 3. The zero-order valence-corrected chi connectivity index (χ0v) is 12.0. The minimum absolute atomic E-state index is 0.114. The first-order chi connectivity index (χ1) is 10.6. The first kappa shape index (κ1) is 14.0. The van der Waals surface area contributed by atoms with Gasteiger partial charge in [0.05, 0.1) is 5.39 Å². The predicted octanol–water partition coefficient (Wildman–Crippen LogP) is 2.59. The number of aromatic nitrogens is 2. The molecule has 0 bridgehead atoms. The number of hydrogen-bond acceptors (Lipinski definition) is 4. The molecule has 0 aliphatic rings. The van der Waals surface area contributed by atoms with E-state index in [0.29, 0.717) is 10.8 Å². The monoisotopic (exact) mass is 294 g/mol. The van der Waals surface area contributed by atoms with E-state index in [9.17, 15) is 9.59 Å². The van der Waals surface area contributed by atoms with Crippen molar-refractivity contribution in [2.75, 3.05) is 0 Å². The van der Waals surface area contributed by atoms with Gasteiger partial charge in [0.1, 0.15) is 6.61 Å². The van der Waals surface area contributed by atoms with Gasteiger partial charge in [-0.15, -0.1) is 0 Å². The Hall–Kier alpha value is -2.95. The van der Waals surface area contributed by atoms with Gasteiger partial charge in [0, 0.05) is 5.39 Å². The lowest BCUT2D eigenvalue weighted by Crippen LogP contribution is -2.16. The summed E-state index contributed by atoms with van der Waals surface area (Å²) in [5, 5.41) is 7.05. The maximum Gasteiger partial charge on any atom is 0.359 e. The van der Waals surface area contributed by atoms with E-state index in [-0.39, 0.29) is 17.9 Å². The van der Waals surface area contributed by atoms with Gasteiger partial charge in [0.2, 0.25) is 0 Å². The van der Waals surface area contributed by atoms with Crippen LogP contribution in [-0.2, 0) is 11.3 Å². The molecule has 0 spiro atoms. The van der Waals surface area contributed by atoms with Gasteiger partial charge in [0.15, 0.2) is 5.69 Å². The van der Waals surface area contributed by atoms with Crippen LogP contribution in [0.2, 0.25) is 0 Å². The van der Waals surface area contributed by atoms with Gasteiger partial charge < -0.3 is 4.74 Å². The van der Waals surface area contributed by atoms with Crippen LogP contribution in [0.25, 0.3) is 10.8 Å². The lowest BCUT2D eigenvalue weighted by Gasteiger charge is -2.07. The molecule has 22 heavy (non-hydrogen) atoms. The Balaban J connectivity index is 1.87. The van der Waals surface area contributed by atoms with Gasteiger partial charge >= 0.3 is 5.97 Å². The number of nitrogens with zero attached hydrogens (tertiary/aromatic N) is 1. The van der Waals surface area contributed by atoms with Crippen LogP contribution in [0.5, 0.6) is 0 Å². The molecule has 3 aromatic rings. The highest BCUT2D eigenvalue weighted by Crippen LogP contribution is 2.14. The van der Waals surface area contributed by atoms with Crippen molar-refractivity contribution in [3.8, 4) is 0 Å². The van der Waals surface area contributed by atoms with E-state index < -0.39 is 5.97 Å². The lowest BCUT2D eigenvalue weighted by molar-refractivity contribution is 0.0467. The van der Waals surface area contributed by atoms with Crippen LogP contribution >= 0.6 is 0 Å². The maximum absolute atomic E-state index is 12.2. The Morgan fingerprint density at radius 2 is 1.91 bits per heavy atom. The number of H-pyrrole nitrogens is 1. The van der Waals surface area contributed by atoms with Crippen LogP contribution in [0.15, 0.2) is 53.3 Å². The smallest absolute Gasteiger partial charge is 0.359 e. The van der Waals surface area contributed by atoms with Gasteiger partial charge in [-0.2, -0.15) is 5.10 Å². The van der Waals surface area contributed by atoms with Crippen molar-refractivity contribution >= 4 is 16.7 Å². The third-order valence-corrected chi connectivity index (χ3v) is 3.34. The molecule has 5 heteroatoms. The van der Waals surface area contributed by atoms with Gasteiger partial charge in [-0.05, 0) is 18.6 Å². The van der Waals surface area contributed by atoms with E-state index in [1.54, 1.807) is 24.3 Å². The average molecular weight is 294 g/mol. The standard InChI is InChI=1S/C17H14N2O3/c1-11-5-4-6-12(9-11)10-22-17(21)15-13-7-2-3-8-14(13)16(20)19-18-15/h2-9H,10H2,1H3,(H,19,20). The third kappa shape index (κ3) is 2.74. The second-order valence-corrected chi connectivity index (χ2v) is 5.01. The molecule has 0 radical (unpaired) electrons. The normalized spacial score (nSPS) is 10.6. The van der Waals surface area contributed by atoms with E-state index in [2.05, 4.69) is 10.2 Å². The molecular formula is C17H14N2O3. The average Bonchev–Trinajstić information content (AvgIpc) is 2.53. The molecule has 0 aliphatic carbocycles. The van der Waals surface area contributed by atoms with Crippen LogP contribution in [0, 0.1) is 6.92 Å². The second kappa shape index (κ2) is 5.81. The summed E-state index contributed by atoms with van der Waals surface area (Å²) < 4.78 is 5.29. The Morgan fingerprint density at radius 3 is 2.68 bits per heavy atom. The van der Waals surface area contributed by atoms with Gasteiger partial charge in [-0.3, -0.25) is 4.79 Å². The Labute approximate surface area is 126 Å². The van der Waals surface area contributed by atoms with Gasteiger partial charge in [0.25, 0.3) is 5.56 Å². The molecule has 3 rings (SSSR count). The molecule has 0 saturated heterocycles. The lowest BCUT2D eigenvalue weighted by atomic mass is 10.1. The van der Waals surface area contributed by atoms with Crippen LogP contribution in [0.3, 0.4) is 0 Å². The summed E-state index contributed by atoms with van der Waals surface area (Å²) in [4.78, 5) is 23.9. The van der Waals surface area contributed by atoms with Crippen molar-refractivity contribution < 1.29 is 9.53 Å². The van der Waals surface area contributed by atoms with Crippen LogP contribution in [0.1, 0.15) is 21.6 Å². The van der Waals surface area contributed by atoms with Crippen molar-refractivity contribution in [3.05, 3.63) is 75.7 Å². The summed E-state index contributed by atoms with van der Waals surface area (Å²) in [6, 6.07) is 14.5. The molecule has 5 nitrogen and oxygen atoms in total. The molecule has 1 aromatic heterocycles. The number of esters is 1. The van der Waals surface area contributed by atoms with Crippen LogP contribution < -0.4 is 5.56 Å². The topological polar surface area (TPSA) is 72.0 Å². The number of benzene rings is 2. The summed E-state index contributed by atoms with van der Waals surface area (Å²) in [6.07, 6.45) is 0. The highest BCUT2D eigenvalue weighted by Gasteiger charge is 2.15. The van der Waals surface area contributed by atoms with E-state index in [0.717, 1.165) is 11.1 Å². The number of aryl methyl sites for hydroxylation is 1. The highest BCUT2D eigenvalue weighted by molar-refractivity contribution is 6.01. The number of nitrogens with one attached hydrogen (secondary N) is 1. The Kier molecular flexibility index (Phi) is 3.70. The summed E-state index contributed by atoms with van der Waals surface area (Å²) in [7, 11) is 0. The number of fused-ring (bicyclic) bond motifs is 1. The van der Waals surface area contributed by atoms with Crippen LogP contribution in [-0.4, -0.2) is 16.2 Å². The highest BCUT2D eigenvalue weighted by atomic mass is 16.5. The van der Waals surface area contributed by atoms with E-state index in [1.807, 2.05) is 31.2 Å². The molecule has 110 valence electrons. The fraction of sp³-hybridized carbons (Fsp3) is 0.118. The van der Waals surface area contributed by atoms with Crippen molar-refractivity contribution in [3.63, 3.8) is 0 Å². The second-order valence-electron chi connectivity index (χ2n) is 5.01. The Bertz CT molecular complexity index is 900. The van der Waals surface area contributed by atoms with Crippen molar-refractivity contribution in [2.45, 2.75) is 13.5 Å². The summed E-state index contributed by atoms with van der Waals surface area (Å²) in [5.74, 6) is -0.561. The molecule has 2 aromatic carbocycles. The van der Waals surface area contributed by atoms with Crippen molar-refractivity contribution in [1.82, 2.24) is 10.2 Å². The molecule has 0 atom stereocenters. The molecule has 0 fully saturated rings. The SMILES string of the molecule is Cc1cccc(COC(=O)c2n[nH]c(=O)c3ccccc23)c1.